The highest BCUT2D eigenvalue weighted by Crippen LogP contribution is 2.34. The summed E-state index contributed by atoms with van der Waals surface area (Å²) in [5.41, 5.74) is 2.24. The Labute approximate surface area is 190 Å². The Morgan fingerprint density at radius 1 is 1.07 bits per heavy atom. The number of halogens is 2. The van der Waals surface area contributed by atoms with Crippen LogP contribution in [0.15, 0.2) is 59.6 Å². The molecule has 29 heavy (non-hydrogen) atoms. The zero-order chi connectivity index (χ0) is 19.7. The third-order valence-electron chi connectivity index (χ3n) is 5.48. The number of ether oxygens (including phenoxy) is 1. The molecule has 0 radical (unpaired) electrons. The number of benzene rings is 2. The molecule has 0 amide bonds. The fourth-order valence-electron chi connectivity index (χ4n) is 3.77. The average molecular weight is 511 g/mol. The fraction of sp³-hybridized carbons (Fsp3) is 0.435. The van der Waals surface area contributed by atoms with Crippen molar-refractivity contribution >= 4 is 29.9 Å². The molecule has 4 nitrogen and oxygen atoms in total. The van der Waals surface area contributed by atoms with Crippen LogP contribution in [-0.2, 0) is 16.6 Å². The Kier molecular flexibility index (Phi) is 9.87. The first-order chi connectivity index (χ1) is 13.7. The third kappa shape index (κ3) is 6.96. The Bertz CT molecular complexity index is 764. The standard InChI is InChI=1S/C23H30FN3O.HI/c1-25-22(26-14-6-9-19-7-3-2-4-8-19)27-18-23(12-15-28-16-13-23)20-10-5-11-21(24)17-20;/h2-5,7-8,10-11,17H,6,9,12-16,18H2,1H3,(H2,25,26,27);1H. The molecule has 0 aliphatic carbocycles. The van der Waals surface area contributed by atoms with Crippen LogP contribution in [0.5, 0.6) is 0 Å². The number of guanidine groups is 1. The molecule has 0 bridgehead atoms. The van der Waals surface area contributed by atoms with Gasteiger partial charge in [0.2, 0.25) is 0 Å². The second kappa shape index (κ2) is 12.1. The van der Waals surface area contributed by atoms with E-state index < -0.39 is 0 Å². The lowest BCUT2D eigenvalue weighted by molar-refractivity contribution is 0.0513. The summed E-state index contributed by atoms with van der Waals surface area (Å²) in [6.07, 6.45) is 3.81. The van der Waals surface area contributed by atoms with Gasteiger partial charge in [0.15, 0.2) is 5.96 Å². The van der Waals surface area contributed by atoms with Gasteiger partial charge in [-0.2, -0.15) is 0 Å². The van der Waals surface area contributed by atoms with Gasteiger partial charge in [0.05, 0.1) is 0 Å². The van der Waals surface area contributed by atoms with Gasteiger partial charge in [-0.3, -0.25) is 4.99 Å². The number of aliphatic imine (C=N–C) groups is 1. The monoisotopic (exact) mass is 511 g/mol. The van der Waals surface area contributed by atoms with E-state index in [0.29, 0.717) is 19.8 Å². The predicted molar refractivity (Wildman–Crippen MR) is 128 cm³/mol. The van der Waals surface area contributed by atoms with Gasteiger partial charge < -0.3 is 15.4 Å². The second-order valence-electron chi connectivity index (χ2n) is 7.34. The minimum Gasteiger partial charge on any atom is -0.381 e. The SMILES string of the molecule is CN=C(NCCCc1ccccc1)NCC1(c2cccc(F)c2)CCOCC1.I. The Morgan fingerprint density at radius 2 is 1.83 bits per heavy atom. The van der Waals surface area contributed by atoms with Crippen molar-refractivity contribution < 1.29 is 9.13 Å². The molecule has 2 N–H and O–H groups in total. The molecule has 1 aliphatic rings. The van der Waals surface area contributed by atoms with Crippen molar-refractivity contribution in [1.82, 2.24) is 10.6 Å². The van der Waals surface area contributed by atoms with Crippen LogP contribution >= 0.6 is 24.0 Å². The van der Waals surface area contributed by atoms with Gasteiger partial charge in [-0.05, 0) is 48.9 Å². The number of nitrogens with zero attached hydrogens (tertiary/aromatic N) is 1. The summed E-state index contributed by atoms with van der Waals surface area (Å²) >= 11 is 0. The first-order valence-electron chi connectivity index (χ1n) is 10.0. The summed E-state index contributed by atoms with van der Waals surface area (Å²) in [6.45, 7) is 2.95. The minimum atomic E-state index is -0.188. The normalized spacial score (nSPS) is 16.0. The number of rotatable bonds is 7. The van der Waals surface area contributed by atoms with E-state index in [-0.39, 0.29) is 35.2 Å². The number of hydrogen-bond donors (Lipinski definition) is 2. The van der Waals surface area contributed by atoms with E-state index in [9.17, 15) is 4.39 Å². The van der Waals surface area contributed by atoms with Gasteiger partial charge in [-0.15, -0.1) is 24.0 Å². The molecule has 0 unspecified atom stereocenters. The molecule has 2 aromatic carbocycles. The molecular formula is C23H31FIN3O. The van der Waals surface area contributed by atoms with Crippen molar-refractivity contribution in [2.75, 3.05) is 33.4 Å². The number of nitrogens with one attached hydrogen (secondary N) is 2. The smallest absolute Gasteiger partial charge is 0.191 e. The van der Waals surface area contributed by atoms with E-state index >= 15 is 0 Å². The van der Waals surface area contributed by atoms with Crippen LogP contribution in [0.25, 0.3) is 0 Å². The molecule has 1 aliphatic heterocycles. The van der Waals surface area contributed by atoms with Crippen LogP contribution in [0.4, 0.5) is 4.39 Å². The summed E-state index contributed by atoms with van der Waals surface area (Å²) in [5, 5.41) is 6.85. The molecule has 0 saturated carbocycles. The highest BCUT2D eigenvalue weighted by Gasteiger charge is 2.34. The van der Waals surface area contributed by atoms with Crippen LogP contribution in [0, 0.1) is 5.82 Å². The van der Waals surface area contributed by atoms with Crippen LogP contribution in [-0.4, -0.2) is 39.3 Å². The van der Waals surface area contributed by atoms with E-state index in [1.54, 1.807) is 19.2 Å². The Hall–Kier alpha value is -1.67. The molecule has 0 aromatic heterocycles. The fourth-order valence-corrected chi connectivity index (χ4v) is 3.77. The van der Waals surface area contributed by atoms with Crippen LogP contribution in [0.2, 0.25) is 0 Å². The van der Waals surface area contributed by atoms with Crippen molar-refractivity contribution in [2.24, 2.45) is 4.99 Å². The Morgan fingerprint density at radius 3 is 2.52 bits per heavy atom. The molecule has 3 rings (SSSR count). The van der Waals surface area contributed by atoms with Crippen molar-refractivity contribution in [3.05, 3.63) is 71.5 Å². The van der Waals surface area contributed by atoms with Gasteiger partial charge in [-0.25, -0.2) is 4.39 Å². The zero-order valence-corrected chi connectivity index (χ0v) is 19.3. The summed E-state index contributed by atoms with van der Waals surface area (Å²) in [6, 6.07) is 17.5. The maximum Gasteiger partial charge on any atom is 0.191 e. The minimum absolute atomic E-state index is 0. The van der Waals surface area contributed by atoms with Gasteiger partial charge in [0.1, 0.15) is 5.82 Å². The molecule has 6 heteroatoms. The van der Waals surface area contributed by atoms with Crippen molar-refractivity contribution in [3.63, 3.8) is 0 Å². The molecule has 0 atom stereocenters. The third-order valence-corrected chi connectivity index (χ3v) is 5.48. The first-order valence-corrected chi connectivity index (χ1v) is 10.0. The lowest BCUT2D eigenvalue weighted by atomic mass is 9.74. The van der Waals surface area contributed by atoms with Crippen LogP contribution < -0.4 is 10.6 Å². The van der Waals surface area contributed by atoms with Crippen LogP contribution in [0.1, 0.15) is 30.4 Å². The van der Waals surface area contributed by atoms with E-state index in [2.05, 4.69) is 39.9 Å². The summed E-state index contributed by atoms with van der Waals surface area (Å²) < 4.78 is 19.4. The molecule has 2 aromatic rings. The van der Waals surface area contributed by atoms with E-state index in [4.69, 9.17) is 4.74 Å². The largest absolute Gasteiger partial charge is 0.381 e. The van der Waals surface area contributed by atoms with Gasteiger partial charge >= 0.3 is 0 Å². The maximum atomic E-state index is 13.8. The highest BCUT2D eigenvalue weighted by molar-refractivity contribution is 14.0. The predicted octanol–water partition coefficient (Wildman–Crippen LogP) is 4.29. The summed E-state index contributed by atoms with van der Waals surface area (Å²) in [7, 11) is 1.78. The first kappa shape index (κ1) is 23.6. The average Bonchev–Trinajstić information content (AvgIpc) is 2.74. The van der Waals surface area contributed by atoms with E-state index in [0.717, 1.165) is 43.8 Å². The topological polar surface area (TPSA) is 45.7 Å². The van der Waals surface area contributed by atoms with Crippen LogP contribution in [0.3, 0.4) is 0 Å². The zero-order valence-electron chi connectivity index (χ0n) is 17.0. The second-order valence-corrected chi connectivity index (χ2v) is 7.34. The van der Waals surface area contributed by atoms with E-state index in [1.165, 1.54) is 11.6 Å². The molecule has 158 valence electrons. The molecule has 1 heterocycles. The van der Waals surface area contributed by atoms with E-state index in [1.807, 2.05) is 12.1 Å². The Balaban J connectivity index is 0.00000300. The summed E-state index contributed by atoms with van der Waals surface area (Å²) in [5.74, 6) is 0.599. The van der Waals surface area contributed by atoms with Gasteiger partial charge in [0.25, 0.3) is 0 Å². The number of aryl methyl sites for hydroxylation is 1. The maximum absolute atomic E-state index is 13.8. The molecule has 1 fully saturated rings. The van der Waals surface area contributed by atoms with Crippen molar-refractivity contribution in [3.8, 4) is 0 Å². The van der Waals surface area contributed by atoms with Crippen molar-refractivity contribution in [2.45, 2.75) is 31.1 Å². The number of hydrogen-bond acceptors (Lipinski definition) is 2. The summed E-state index contributed by atoms with van der Waals surface area (Å²) in [4.78, 5) is 4.35. The lowest BCUT2D eigenvalue weighted by Gasteiger charge is -2.38. The molecule has 0 spiro atoms. The van der Waals surface area contributed by atoms with Gasteiger partial charge in [0, 0.05) is 38.8 Å². The van der Waals surface area contributed by atoms with Crippen molar-refractivity contribution in [1.29, 1.82) is 0 Å². The lowest BCUT2D eigenvalue weighted by Crippen LogP contribution is -2.48. The van der Waals surface area contributed by atoms with Gasteiger partial charge in [-0.1, -0.05) is 42.5 Å². The highest BCUT2D eigenvalue weighted by atomic mass is 127. The quantitative estimate of drug-likeness (QED) is 0.253. The molecular weight excluding hydrogens is 480 g/mol. The molecule has 1 saturated heterocycles.